The van der Waals surface area contributed by atoms with Gasteiger partial charge in [0.2, 0.25) is 0 Å². The Morgan fingerprint density at radius 3 is 2.36 bits per heavy atom. The molecule has 5 rings (SSSR count). The fourth-order valence-electron chi connectivity index (χ4n) is 4.34. The molecule has 0 atom stereocenters. The molecular weight excluding hydrogens is 565 g/mol. The Morgan fingerprint density at radius 2 is 1.69 bits per heavy atom. The smallest absolute Gasteiger partial charge is 0.326 e. The second kappa shape index (κ2) is 11.4. The van der Waals surface area contributed by atoms with E-state index in [0.29, 0.717) is 19.0 Å². The van der Waals surface area contributed by atoms with Gasteiger partial charge < -0.3 is 14.4 Å². The highest BCUT2D eigenvalue weighted by Crippen LogP contribution is 2.31. The van der Waals surface area contributed by atoms with Crippen LogP contribution in [0.5, 0.6) is 0 Å². The van der Waals surface area contributed by atoms with Crippen LogP contribution in [0.15, 0.2) is 65.7 Å². The fourth-order valence-corrected chi connectivity index (χ4v) is 6.46. The zero-order chi connectivity index (χ0) is 27.6. The molecule has 204 valence electrons. The summed E-state index contributed by atoms with van der Waals surface area (Å²) in [6.45, 7) is 4.07. The predicted molar refractivity (Wildman–Crippen MR) is 150 cm³/mol. The Balaban J connectivity index is 1.49. The zero-order valence-electron chi connectivity index (χ0n) is 21.0. The van der Waals surface area contributed by atoms with Crippen molar-refractivity contribution in [2.24, 2.45) is 0 Å². The lowest BCUT2D eigenvalue weighted by Gasteiger charge is -2.27. The summed E-state index contributed by atoms with van der Waals surface area (Å²) in [7, 11) is -4.22. The molecule has 1 aliphatic rings. The molecule has 3 heterocycles. The Kier molecular flexibility index (Phi) is 7.94. The van der Waals surface area contributed by atoms with Gasteiger partial charge >= 0.3 is 5.97 Å². The van der Waals surface area contributed by atoms with E-state index in [9.17, 15) is 13.2 Å². The molecule has 0 radical (unpaired) electrons. The van der Waals surface area contributed by atoms with Crippen LogP contribution in [-0.2, 0) is 24.3 Å². The van der Waals surface area contributed by atoms with Crippen LogP contribution in [0.4, 0.5) is 11.5 Å². The van der Waals surface area contributed by atoms with Crippen LogP contribution >= 0.6 is 23.2 Å². The molecule has 0 spiro atoms. The third-order valence-corrected chi connectivity index (χ3v) is 8.37. The van der Waals surface area contributed by atoms with E-state index in [-0.39, 0.29) is 27.2 Å². The van der Waals surface area contributed by atoms with Gasteiger partial charge in [-0.3, -0.25) is 13.7 Å². The largest absolute Gasteiger partial charge is 0.465 e. The summed E-state index contributed by atoms with van der Waals surface area (Å²) in [5, 5.41) is 9.83. The third kappa shape index (κ3) is 5.81. The minimum atomic E-state index is -4.22. The van der Waals surface area contributed by atoms with Crippen molar-refractivity contribution in [1.29, 1.82) is 0 Å². The summed E-state index contributed by atoms with van der Waals surface area (Å²) in [6, 6.07) is 14.7. The number of fused-ring (bicyclic) bond motifs is 1. The second-order valence-electron chi connectivity index (χ2n) is 8.70. The number of benzene rings is 2. The van der Waals surface area contributed by atoms with Crippen molar-refractivity contribution >= 4 is 61.6 Å². The van der Waals surface area contributed by atoms with Gasteiger partial charge in [0.25, 0.3) is 10.0 Å². The average Bonchev–Trinajstić information content (AvgIpc) is 3.35. The van der Waals surface area contributed by atoms with Gasteiger partial charge in [-0.05, 0) is 61.5 Å². The normalized spacial score (nSPS) is 14.0. The molecule has 39 heavy (non-hydrogen) atoms. The first-order chi connectivity index (χ1) is 18.8. The van der Waals surface area contributed by atoms with Crippen LogP contribution < -0.4 is 9.21 Å². The molecule has 2 aromatic carbocycles. The molecular formula is C26H25Cl2N5O5S. The maximum atomic E-state index is 13.7. The van der Waals surface area contributed by atoms with E-state index in [2.05, 4.69) is 15.1 Å². The van der Waals surface area contributed by atoms with Crippen molar-refractivity contribution in [1.82, 2.24) is 14.8 Å². The lowest BCUT2D eigenvalue weighted by atomic mass is 10.2. The summed E-state index contributed by atoms with van der Waals surface area (Å²) in [5.74, 6) is 0.698. The molecule has 0 amide bonds. The Bertz CT molecular complexity index is 1580. The summed E-state index contributed by atoms with van der Waals surface area (Å²) < 4.78 is 40.6. The van der Waals surface area contributed by atoms with Crippen molar-refractivity contribution in [2.45, 2.75) is 11.8 Å². The standard InChI is InChI=1S/C26H25Cl2N5O5S/c1-2-38-26(34)17-33(39(35,36)22-15-19(27)14-20(28)16-22)21-3-4-23-18(13-21)7-8-32(23)25-6-5-24(29-30-25)31-9-11-37-12-10-31/h3-8,13-16H,2,9-12,17H2,1H3. The van der Waals surface area contributed by atoms with E-state index in [0.717, 1.165) is 34.1 Å². The molecule has 0 N–H and O–H groups in total. The molecule has 4 aromatic rings. The Labute approximate surface area is 235 Å². The predicted octanol–water partition coefficient (Wildman–Crippen LogP) is 4.32. The molecule has 0 aliphatic carbocycles. The highest BCUT2D eigenvalue weighted by molar-refractivity contribution is 7.92. The highest BCUT2D eigenvalue weighted by atomic mass is 35.5. The quantitative estimate of drug-likeness (QED) is 0.280. The van der Waals surface area contributed by atoms with Crippen molar-refractivity contribution < 1.29 is 22.7 Å². The number of nitrogens with zero attached hydrogens (tertiary/aromatic N) is 5. The van der Waals surface area contributed by atoms with E-state index in [1.165, 1.54) is 18.2 Å². The number of carbonyl (C=O) groups is 1. The zero-order valence-corrected chi connectivity index (χ0v) is 23.3. The van der Waals surface area contributed by atoms with E-state index in [1.807, 2.05) is 29.0 Å². The van der Waals surface area contributed by atoms with E-state index in [1.54, 1.807) is 25.1 Å². The monoisotopic (exact) mass is 589 g/mol. The molecule has 10 nitrogen and oxygen atoms in total. The third-order valence-electron chi connectivity index (χ3n) is 6.18. The summed E-state index contributed by atoms with van der Waals surface area (Å²) in [5.41, 5.74) is 1.06. The number of rotatable bonds is 8. The molecule has 1 fully saturated rings. The molecule has 1 aliphatic heterocycles. The van der Waals surface area contributed by atoms with Gasteiger partial charge in [0, 0.05) is 34.7 Å². The number of halogens is 2. The summed E-state index contributed by atoms with van der Waals surface area (Å²) >= 11 is 12.1. The number of carbonyl (C=O) groups excluding carboxylic acids is 1. The summed E-state index contributed by atoms with van der Waals surface area (Å²) in [4.78, 5) is 14.4. The number of anilines is 2. The summed E-state index contributed by atoms with van der Waals surface area (Å²) in [6.07, 6.45) is 1.83. The van der Waals surface area contributed by atoms with E-state index >= 15 is 0 Å². The fraction of sp³-hybridized carbons (Fsp3) is 0.269. The van der Waals surface area contributed by atoms with Gasteiger partial charge in [0.05, 0.1) is 35.9 Å². The SMILES string of the molecule is CCOC(=O)CN(c1ccc2c(ccn2-c2ccc(N3CCOCC3)nn2)c1)S(=O)(=O)c1cc(Cl)cc(Cl)c1. The molecule has 0 unspecified atom stereocenters. The van der Waals surface area contributed by atoms with Gasteiger partial charge in [-0.15, -0.1) is 10.2 Å². The van der Waals surface area contributed by atoms with Crippen LogP contribution in [0.25, 0.3) is 16.7 Å². The number of ether oxygens (including phenoxy) is 2. The van der Waals surface area contributed by atoms with Crippen molar-refractivity contribution in [3.63, 3.8) is 0 Å². The molecule has 2 aromatic heterocycles. The van der Waals surface area contributed by atoms with Crippen LogP contribution in [0.2, 0.25) is 10.0 Å². The first kappa shape index (κ1) is 27.2. The minimum Gasteiger partial charge on any atom is -0.465 e. The van der Waals surface area contributed by atoms with E-state index < -0.39 is 22.5 Å². The number of morpholine rings is 1. The Hall–Kier alpha value is -3.38. The number of sulfonamides is 1. The first-order valence-corrected chi connectivity index (χ1v) is 14.4. The number of esters is 1. The van der Waals surface area contributed by atoms with Gasteiger partial charge in [-0.2, -0.15) is 0 Å². The molecule has 13 heteroatoms. The second-order valence-corrected chi connectivity index (χ2v) is 11.4. The lowest BCUT2D eigenvalue weighted by molar-refractivity contribution is -0.141. The average molecular weight is 590 g/mol. The van der Waals surface area contributed by atoms with Gasteiger partial charge in [0.1, 0.15) is 6.54 Å². The topological polar surface area (TPSA) is 107 Å². The molecule has 1 saturated heterocycles. The van der Waals surface area contributed by atoms with E-state index in [4.69, 9.17) is 32.7 Å². The van der Waals surface area contributed by atoms with Crippen LogP contribution in [0.3, 0.4) is 0 Å². The number of hydrogen-bond donors (Lipinski definition) is 0. The van der Waals surface area contributed by atoms with Crippen molar-refractivity contribution in [3.8, 4) is 5.82 Å². The molecule has 0 bridgehead atoms. The minimum absolute atomic E-state index is 0.114. The maximum Gasteiger partial charge on any atom is 0.326 e. The number of aromatic nitrogens is 3. The van der Waals surface area contributed by atoms with Gasteiger partial charge in [0.15, 0.2) is 11.6 Å². The maximum absolute atomic E-state index is 13.7. The van der Waals surface area contributed by atoms with Gasteiger partial charge in [-0.1, -0.05) is 23.2 Å². The van der Waals surface area contributed by atoms with Crippen LogP contribution in [0.1, 0.15) is 6.92 Å². The highest BCUT2D eigenvalue weighted by Gasteiger charge is 2.29. The number of hydrogen-bond acceptors (Lipinski definition) is 8. The first-order valence-electron chi connectivity index (χ1n) is 12.2. The lowest BCUT2D eigenvalue weighted by Crippen LogP contribution is -2.36. The van der Waals surface area contributed by atoms with Crippen molar-refractivity contribution in [3.05, 3.63) is 70.8 Å². The van der Waals surface area contributed by atoms with Crippen LogP contribution in [0, 0.1) is 0 Å². The van der Waals surface area contributed by atoms with Gasteiger partial charge in [-0.25, -0.2) is 8.42 Å². The molecule has 0 saturated carbocycles. The van der Waals surface area contributed by atoms with Crippen molar-refractivity contribution in [2.75, 3.05) is 48.7 Å². The Morgan fingerprint density at radius 1 is 1.00 bits per heavy atom. The van der Waals surface area contributed by atoms with Crippen LogP contribution in [-0.4, -0.2) is 68.6 Å².